The molecule has 2 N–H and O–H groups in total. The number of H-pyrrole nitrogens is 1. The summed E-state index contributed by atoms with van der Waals surface area (Å²) >= 11 is 1.59. The SMILES string of the molecule is O=C(NCC1(c2ccc(F)cc2)CC1)c1cc(-c2cccs2)[nH]n1. The van der Waals surface area contributed by atoms with Crippen LogP contribution in [0, 0.1) is 5.82 Å². The maximum Gasteiger partial charge on any atom is 0.271 e. The first kappa shape index (κ1) is 15.1. The Morgan fingerprint density at radius 2 is 2.08 bits per heavy atom. The number of hydrogen-bond donors (Lipinski definition) is 2. The molecule has 0 spiro atoms. The van der Waals surface area contributed by atoms with Crippen molar-refractivity contribution in [2.75, 3.05) is 6.54 Å². The molecule has 0 aliphatic heterocycles. The lowest BCUT2D eigenvalue weighted by atomic mass is 9.96. The lowest BCUT2D eigenvalue weighted by Gasteiger charge is -2.16. The fourth-order valence-corrected chi connectivity index (χ4v) is 3.55. The molecular weight excluding hydrogens is 325 g/mol. The van der Waals surface area contributed by atoms with Crippen molar-refractivity contribution in [3.8, 4) is 10.6 Å². The van der Waals surface area contributed by atoms with Crippen LogP contribution < -0.4 is 5.32 Å². The van der Waals surface area contributed by atoms with Gasteiger partial charge in [-0.25, -0.2) is 4.39 Å². The lowest BCUT2D eigenvalue weighted by Crippen LogP contribution is -2.32. The van der Waals surface area contributed by atoms with E-state index >= 15 is 0 Å². The van der Waals surface area contributed by atoms with Gasteiger partial charge in [-0.1, -0.05) is 18.2 Å². The van der Waals surface area contributed by atoms with Crippen LogP contribution in [0.5, 0.6) is 0 Å². The van der Waals surface area contributed by atoms with Crippen LogP contribution in [0.15, 0.2) is 47.8 Å². The van der Waals surface area contributed by atoms with Gasteiger partial charge in [0.15, 0.2) is 5.69 Å². The molecule has 2 heterocycles. The predicted octanol–water partition coefficient (Wildman–Crippen LogP) is 3.74. The predicted molar refractivity (Wildman–Crippen MR) is 91.5 cm³/mol. The molecule has 122 valence electrons. The zero-order chi connectivity index (χ0) is 16.6. The number of rotatable bonds is 5. The molecule has 0 saturated heterocycles. The summed E-state index contributed by atoms with van der Waals surface area (Å²) in [6.45, 7) is 0.540. The van der Waals surface area contributed by atoms with Gasteiger partial charge in [-0.3, -0.25) is 9.89 Å². The number of benzene rings is 1. The van der Waals surface area contributed by atoms with E-state index < -0.39 is 0 Å². The Balaban J connectivity index is 1.43. The van der Waals surface area contributed by atoms with Crippen molar-refractivity contribution < 1.29 is 9.18 Å². The molecule has 4 rings (SSSR count). The molecule has 3 aromatic rings. The number of hydrogen-bond acceptors (Lipinski definition) is 3. The Bertz CT molecular complexity index is 851. The molecule has 1 fully saturated rings. The van der Waals surface area contributed by atoms with E-state index in [1.54, 1.807) is 29.5 Å². The van der Waals surface area contributed by atoms with Crippen molar-refractivity contribution >= 4 is 17.2 Å². The van der Waals surface area contributed by atoms with Gasteiger partial charge in [0.1, 0.15) is 5.82 Å². The van der Waals surface area contributed by atoms with Crippen molar-refractivity contribution in [1.82, 2.24) is 15.5 Å². The number of thiophene rings is 1. The van der Waals surface area contributed by atoms with E-state index in [1.165, 1.54) is 12.1 Å². The number of nitrogens with zero attached hydrogens (tertiary/aromatic N) is 1. The number of aromatic amines is 1. The maximum atomic E-state index is 13.1. The molecule has 1 saturated carbocycles. The van der Waals surface area contributed by atoms with Crippen LogP contribution >= 0.6 is 11.3 Å². The molecule has 0 radical (unpaired) electrons. The fraction of sp³-hybridized carbons (Fsp3) is 0.222. The highest BCUT2D eigenvalue weighted by molar-refractivity contribution is 7.13. The second kappa shape index (κ2) is 5.87. The monoisotopic (exact) mass is 341 g/mol. The Labute approximate surface area is 142 Å². The minimum absolute atomic E-state index is 0.0593. The quantitative estimate of drug-likeness (QED) is 0.743. The molecule has 4 nitrogen and oxygen atoms in total. The van der Waals surface area contributed by atoms with Crippen LogP contribution in [0.4, 0.5) is 4.39 Å². The maximum absolute atomic E-state index is 13.1. The molecule has 0 bridgehead atoms. The third-order valence-electron chi connectivity index (χ3n) is 4.49. The van der Waals surface area contributed by atoms with Crippen LogP contribution in [0.2, 0.25) is 0 Å². The van der Waals surface area contributed by atoms with Crippen LogP contribution in [0.1, 0.15) is 28.9 Å². The van der Waals surface area contributed by atoms with Crippen LogP contribution in [0.25, 0.3) is 10.6 Å². The highest BCUT2D eigenvalue weighted by Crippen LogP contribution is 2.47. The Morgan fingerprint density at radius 3 is 2.75 bits per heavy atom. The zero-order valence-corrected chi connectivity index (χ0v) is 13.7. The summed E-state index contributed by atoms with van der Waals surface area (Å²) in [5, 5.41) is 11.9. The summed E-state index contributed by atoms with van der Waals surface area (Å²) in [4.78, 5) is 13.4. The van der Waals surface area contributed by atoms with Gasteiger partial charge in [-0.05, 0) is 48.1 Å². The van der Waals surface area contributed by atoms with Crippen LogP contribution in [-0.4, -0.2) is 22.6 Å². The first-order valence-electron chi connectivity index (χ1n) is 7.80. The number of nitrogens with one attached hydrogen (secondary N) is 2. The minimum atomic E-state index is -0.240. The van der Waals surface area contributed by atoms with Crippen molar-refractivity contribution in [1.29, 1.82) is 0 Å². The molecule has 1 aliphatic rings. The molecule has 1 aromatic carbocycles. The molecule has 0 atom stereocenters. The van der Waals surface area contributed by atoms with Gasteiger partial charge in [-0.2, -0.15) is 5.10 Å². The van der Waals surface area contributed by atoms with E-state index in [4.69, 9.17) is 0 Å². The first-order valence-corrected chi connectivity index (χ1v) is 8.68. The van der Waals surface area contributed by atoms with Gasteiger partial charge >= 0.3 is 0 Å². The Morgan fingerprint density at radius 1 is 1.29 bits per heavy atom. The summed E-state index contributed by atoms with van der Waals surface area (Å²) in [6, 6.07) is 12.2. The van der Waals surface area contributed by atoms with Gasteiger partial charge in [0.25, 0.3) is 5.91 Å². The first-order chi connectivity index (χ1) is 11.7. The molecule has 2 aromatic heterocycles. The van der Waals surface area contributed by atoms with Crippen LogP contribution in [0.3, 0.4) is 0 Å². The largest absolute Gasteiger partial charge is 0.350 e. The summed E-state index contributed by atoms with van der Waals surface area (Å²) in [5.41, 5.74) is 2.24. The van der Waals surface area contributed by atoms with Crippen molar-refractivity contribution in [2.45, 2.75) is 18.3 Å². The van der Waals surface area contributed by atoms with E-state index in [2.05, 4.69) is 15.5 Å². The molecule has 1 aliphatic carbocycles. The fourth-order valence-electron chi connectivity index (χ4n) is 2.86. The second-order valence-electron chi connectivity index (χ2n) is 6.11. The number of carbonyl (C=O) groups excluding carboxylic acids is 1. The van der Waals surface area contributed by atoms with E-state index in [0.717, 1.165) is 29.0 Å². The topological polar surface area (TPSA) is 57.8 Å². The van der Waals surface area contributed by atoms with Crippen molar-refractivity contribution in [3.05, 3.63) is 64.9 Å². The van der Waals surface area contributed by atoms with Crippen molar-refractivity contribution in [2.24, 2.45) is 0 Å². The molecule has 6 heteroatoms. The second-order valence-corrected chi connectivity index (χ2v) is 7.06. The standard InChI is InChI=1S/C18H16FN3OS/c19-13-5-3-12(4-6-13)18(7-8-18)11-20-17(23)15-10-14(21-22-15)16-2-1-9-24-16/h1-6,9-10H,7-8,11H2,(H,20,23)(H,21,22). The number of carbonyl (C=O) groups is 1. The lowest BCUT2D eigenvalue weighted by molar-refractivity contribution is 0.0944. The number of halogens is 1. The van der Waals surface area contributed by atoms with Crippen molar-refractivity contribution in [3.63, 3.8) is 0 Å². The molecule has 24 heavy (non-hydrogen) atoms. The van der Waals surface area contributed by atoms with E-state index in [0.29, 0.717) is 12.2 Å². The highest BCUT2D eigenvalue weighted by atomic mass is 32.1. The third-order valence-corrected chi connectivity index (χ3v) is 5.40. The van der Waals surface area contributed by atoms with Gasteiger partial charge < -0.3 is 5.32 Å². The van der Waals surface area contributed by atoms with E-state index in [1.807, 2.05) is 17.5 Å². The van der Waals surface area contributed by atoms with Gasteiger partial charge in [0.05, 0.1) is 10.6 Å². The highest BCUT2D eigenvalue weighted by Gasteiger charge is 2.44. The smallest absolute Gasteiger partial charge is 0.271 e. The molecular formula is C18H16FN3OS. The third kappa shape index (κ3) is 2.85. The van der Waals surface area contributed by atoms with Gasteiger partial charge in [-0.15, -0.1) is 11.3 Å². The normalized spacial score (nSPS) is 15.2. The number of amides is 1. The summed E-state index contributed by atoms with van der Waals surface area (Å²) < 4.78 is 13.1. The van der Waals surface area contributed by atoms with Gasteiger partial charge in [0, 0.05) is 12.0 Å². The molecule has 0 unspecified atom stereocenters. The number of aromatic nitrogens is 2. The average molecular weight is 341 g/mol. The Hall–Kier alpha value is -2.47. The summed E-state index contributed by atoms with van der Waals surface area (Å²) in [5.74, 6) is -0.432. The van der Waals surface area contributed by atoms with Crippen LogP contribution in [-0.2, 0) is 5.41 Å². The zero-order valence-electron chi connectivity index (χ0n) is 12.9. The molecule has 1 amide bonds. The minimum Gasteiger partial charge on any atom is -0.350 e. The Kier molecular flexibility index (Phi) is 3.69. The summed E-state index contributed by atoms with van der Waals surface area (Å²) in [7, 11) is 0. The van der Waals surface area contributed by atoms with Gasteiger partial charge in [0.2, 0.25) is 0 Å². The summed E-state index contributed by atoms with van der Waals surface area (Å²) in [6.07, 6.45) is 2.00. The van der Waals surface area contributed by atoms with E-state index in [-0.39, 0.29) is 17.1 Å². The van der Waals surface area contributed by atoms with E-state index in [9.17, 15) is 9.18 Å². The average Bonchev–Trinajstić information content (AvgIpc) is 3.02.